The second-order valence-electron chi connectivity index (χ2n) is 6.80. The number of esters is 1. The minimum atomic E-state index is -3.60. The van der Waals surface area contributed by atoms with E-state index in [1.54, 1.807) is 0 Å². The molecule has 1 saturated heterocycles. The largest absolute Gasteiger partial charge is 0.449 e. The van der Waals surface area contributed by atoms with Crippen LogP contribution < -0.4 is 5.32 Å². The van der Waals surface area contributed by atoms with Gasteiger partial charge in [-0.3, -0.25) is 4.79 Å². The number of hydrogen-bond acceptors (Lipinski definition) is 5. The van der Waals surface area contributed by atoms with Crippen LogP contribution in [-0.2, 0) is 19.6 Å². The van der Waals surface area contributed by atoms with E-state index in [2.05, 4.69) is 5.32 Å². The summed E-state index contributed by atoms with van der Waals surface area (Å²) in [5.41, 5.74) is -0.191. The smallest absolute Gasteiger partial charge is 0.338 e. The van der Waals surface area contributed by atoms with Gasteiger partial charge in [-0.25, -0.2) is 22.0 Å². The van der Waals surface area contributed by atoms with Crippen LogP contribution in [0.1, 0.15) is 30.1 Å². The standard InChI is InChI=1S/C20H20F2N2O5S/c1-13(19(25)23-18-9-6-15(21)12-17(18)22)29-20(26)14-4-7-16(8-5-14)30(27,28)24-10-2-3-11-24/h4-9,12-13H,2-3,10-11H2,1H3,(H,23,25). The van der Waals surface area contributed by atoms with E-state index in [0.29, 0.717) is 19.2 Å². The molecule has 2 aromatic carbocycles. The number of nitrogens with one attached hydrogen (secondary N) is 1. The zero-order chi connectivity index (χ0) is 21.9. The van der Waals surface area contributed by atoms with Crippen LogP contribution in [0.25, 0.3) is 0 Å². The zero-order valence-corrected chi connectivity index (χ0v) is 16.9. The maximum Gasteiger partial charge on any atom is 0.338 e. The van der Waals surface area contributed by atoms with Crippen LogP contribution >= 0.6 is 0 Å². The highest BCUT2D eigenvalue weighted by Crippen LogP contribution is 2.21. The minimum Gasteiger partial charge on any atom is -0.449 e. The number of sulfonamides is 1. The van der Waals surface area contributed by atoms with Crippen molar-refractivity contribution in [1.82, 2.24) is 4.31 Å². The van der Waals surface area contributed by atoms with Crippen molar-refractivity contribution in [3.05, 3.63) is 59.7 Å². The molecule has 10 heteroatoms. The Morgan fingerprint density at radius 2 is 1.70 bits per heavy atom. The number of rotatable bonds is 6. The summed E-state index contributed by atoms with van der Waals surface area (Å²) >= 11 is 0. The van der Waals surface area contributed by atoms with Gasteiger partial charge in [0, 0.05) is 19.2 Å². The van der Waals surface area contributed by atoms with Gasteiger partial charge in [-0.15, -0.1) is 0 Å². The van der Waals surface area contributed by atoms with Gasteiger partial charge < -0.3 is 10.1 Å². The van der Waals surface area contributed by atoms with E-state index in [4.69, 9.17) is 4.74 Å². The van der Waals surface area contributed by atoms with Gasteiger partial charge in [0.2, 0.25) is 10.0 Å². The second-order valence-corrected chi connectivity index (χ2v) is 8.73. The Morgan fingerprint density at radius 3 is 2.30 bits per heavy atom. The highest BCUT2D eigenvalue weighted by molar-refractivity contribution is 7.89. The first-order chi connectivity index (χ1) is 14.2. The van der Waals surface area contributed by atoms with Crippen molar-refractivity contribution < 1.29 is 31.5 Å². The van der Waals surface area contributed by atoms with Crippen LogP contribution in [0.2, 0.25) is 0 Å². The van der Waals surface area contributed by atoms with Crippen molar-refractivity contribution in [3.8, 4) is 0 Å². The van der Waals surface area contributed by atoms with Gasteiger partial charge >= 0.3 is 5.97 Å². The lowest BCUT2D eigenvalue weighted by molar-refractivity contribution is -0.123. The number of ether oxygens (including phenoxy) is 1. The van der Waals surface area contributed by atoms with Gasteiger partial charge in [-0.05, 0) is 56.2 Å². The van der Waals surface area contributed by atoms with Gasteiger partial charge in [0.1, 0.15) is 11.6 Å². The monoisotopic (exact) mass is 438 g/mol. The number of anilines is 1. The lowest BCUT2D eigenvalue weighted by Crippen LogP contribution is -2.30. The molecule has 1 N–H and O–H groups in total. The zero-order valence-electron chi connectivity index (χ0n) is 16.1. The number of carbonyl (C=O) groups is 2. The summed E-state index contributed by atoms with van der Waals surface area (Å²) in [6, 6.07) is 7.87. The van der Waals surface area contributed by atoms with E-state index < -0.39 is 39.6 Å². The Hall–Kier alpha value is -2.85. The average Bonchev–Trinajstić information content (AvgIpc) is 3.26. The second kappa shape index (κ2) is 8.88. The number of nitrogens with zero attached hydrogens (tertiary/aromatic N) is 1. The van der Waals surface area contributed by atoms with Crippen molar-refractivity contribution in [2.75, 3.05) is 18.4 Å². The third-order valence-corrected chi connectivity index (χ3v) is 6.55. The molecule has 0 aliphatic carbocycles. The van der Waals surface area contributed by atoms with Crippen molar-refractivity contribution in [2.45, 2.75) is 30.8 Å². The Bertz CT molecular complexity index is 1050. The number of benzene rings is 2. The fourth-order valence-corrected chi connectivity index (χ4v) is 4.46. The molecule has 0 radical (unpaired) electrons. The molecule has 160 valence electrons. The summed E-state index contributed by atoms with van der Waals surface area (Å²) in [4.78, 5) is 24.4. The van der Waals surface area contributed by atoms with Crippen LogP contribution in [0.3, 0.4) is 0 Å². The van der Waals surface area contributed by atoms with Gasteiger partial charge in [0.15, 0.2) is 6.10 Å². The molecular weight excluding hydrogens is 418 g/mol. The molecule has 1 aliphatic heterocycles. The fraction of sp³-hybridized carbons (Fsp3) is 0.300. The van der Waals surface area contributed by atoms with E-state index in [0.717, 1.165) is 25.0 Å². The van der Waals surface area contributed by atoms with E-state index in [-0.39, 0.29) is 16.1 Å². The number of amides is 1. The summed E-state index contributed by atoms with van der Waals surface area (Å²) in [7, 11) is -3.60. The number of carbonyl (C=O) groups excluding carboxylic acids is 2. The summed E-state index contributed by atoms with van der Waals surface area (Å²) in [6.07, 6.45) is 0.353. The summed E-state index contributed by atoms with van der Waals surface area (Å²) < 4.78 is 58.0. The topological polar surface area (TPSA) is 92.8 Å². The SMILES string of the molecule is CC(OC(=O)c1ccc(S(=O)(=O)N2CCCC2)cc1)C(=O)Nc1ccc(F)cc1F. The highest BCUT2D eigenvalue weighted by Gasteiger charge is 2.27. The predicted molar refractivity (Wildman–Crippen MR) is 104 cm³/mol. The lowest BCUT2D eigenvalue weighted by Gasteiger charge is -2.16. The molecule has 1 atom stereocenters. The molecule has 0 aromatic heterocycles. The van der Waals surface area contributed by atoms with Crippen LogP contribution in [0.15, 0.2) is 47.4 Å². The third kappa shape index (κ3) is 4.82. The van der Waals surface area contributed by atoms with E-state index >= 15 is 0 Å². The van der Waals surface area contributed by atoms with Crippen molar-refractivity contribution in [2.24, 2.45) is 0 Å². The molecule has 0 saturated carbocycles. The molecule has 1 heterocycles. The lowest BCUT2D eigenvalue weighted by atomic mass is 10.2. The summed E-state index contributed by atoms with van der Waals surface area (Å²) in [6.45, 7) is 2.22. The molecule has 1 aliphatic rings. The molecule has 2 aromatic rings. The normalized spacial score (nSPS) is 15.6. The molecule has 1 amide bonds. The van der Waals surface area contributed by atoms with Crippen molar-refractivity contribution in [1.29, 1.82) is 0 Å². The fourth-order valence-electron chi connectivity index (χ4n) is 2.95. The van der Waals surface area contributed by atoms with Crippen LogP contribution in [-0.4, -0.2) is 43.8 Å². The Kier molecular flexibility index (Phi) is 6.47. The Balaban J connectivity index is 1.63. The molecule has 7 nitrogen and oxygen atoms in total. The average molecular weight is 438 g/mol. The van der Waals surface area contributed by atoms with Crippen molar-refractivity contribution in [3.63, 3.8) is 0 Å². The maximum absolute atomic E-state index is 13.6. The Labute approximate surface area is 172 Å². The van der Waals surface area contributed by atoms with E-state index in [9.17, 15) is 26.8 Å². The molecule has 3 rings (SSSR count). The molecule has 1 fully saturated rings. The van der Waals surface area contributed by atoms with Gasteiger partial charge in [0.25, 0.3) is 5.91 Å². The van der Waals surface area contributed by atoms with Crippen molar-refractivity contribution >= 4 is 27.6 Å². The number of hydrogen-bond donors (Lipinski definition) is 1. The predicted octanol–water partition coefficient (Wildman–Crippen LogP) is 2.93. The van der Waals surface area contributed by atoms with Gasteiger partial charge in [-0.2, -0.15) is 4.31 Å². The first-order valence-electron chi connectivity index (χ1n) is 9.25. The quantitative estimate of drug-likeness (QED) is 0.700. The first-order valence-corrected chi connectivity index (χ1v) is 10.7. The van der Waals surface area contributed by atoms with Gasteiger partial charge in [-0.1, -0.05) is 0 Å². The van der Waals surface area contributed by atoms with Crippen LogP contribution in [0.5, 0.6) is 0 Å². The summed E-state index contributed by atoms with van der Waals surface area (Å²) in [5, 5.41) is 2.21. The molecular formula is C20H20F2N2O5S. The van der Waals surface area contributed by atoms with E-state index in [1.807, 2.05) is 0 Å². The maximum atomic E-state index is 13.6. The number of halogens is 2. The molecule has 1 unspecified atom stereocenters. The van der Waals surface area contributed by atoms with Crippen LogP contribution in [0, 0.1) is 11.6 Å². The summed E-state index contributed by atoms with van der Waals surface area (Å²) in [5.74, 6) is -3.40. The van der Waals surface area contributed by atoms with Gasteiger partial charge in [0.05, 0.1) is 16.1 Å². The molecule has 0 spiro atoms. The molecule has 0 bridgehead atoms. The minimum absolute atomic E-state index is 0.0583. The van der Waals surface area contributed by atoms with E-state index in [1.165, 1.54) is 35.5 Å². The first kappa shape index (κ1) is 21.8. The highest BCUT2D eigenvalue weighted by atomic mass is 32.2. The third-order valence-electron chi connectivity index (χ3n) is 4.63. The molecule has 30 heavy (non-hydrogen) atoms. The Morgan fingerprint density at radius 1 is 1.07 bits per heavy atom. The van der Waals surface area contributed by atoms with Crippen LogP contribution in [0.4, 0.5) is 14.5 Å².